The molecule has 1 N–H and O–H groups in total. The third-order valence-corrected chi connectivity index (χ3v) is 5.64. The zero-order valence-electron chi connectivity index (χ0n) is 21.6. The number of aliphatic carboxylic acids is 1. The largest absolute Gasteiger partial charge is 0.493 e. The van der Waals surface area contributed by atoms with E-state index >= 15 is 0 Å². The molecule has 0 aliphatic heterocycles. The molecule has 0 spiro atoms. The van der Waals surface area contributed by atoms with Crippen LogP contribution in [0.4, 0.5) is 0 Å². The fourth-order valence-corrected chi connectivity index (χ4v) is 3.64. The minimum Gasteiger partial charge on any atom is -0.493 e. The van der Waals surface area contributed by atoms with Crippen molar-refractivity contribution in [2.45, 2.75) is 79.1 Å². The summed E-state index contributed by atoms with van der Waals surface area (Å²) in [5.74, 6) is 0.00680. The average molecular weight is 449 g/mol. The van der Waals surface area contributed by atoms with Crippen molar-refractivity contribution in [3.8, 4) is 16.9 Å². The Kier molecular flexibility index (Phi) is 8.71. The fraction of sp³-hybridized carbons (Fsp3) is 0.433. The quantitative estimate of drug-likeness (QED) is 0.252. The number of hydrogen-bond acceptors (Lipinski definition) is 2. The van der Waals surface area contributed by atoms with Gasteiger partial charge in [0.15, 0.2) is 0 Å². The van der Waals surface area contributed by atoms with Crippen molar-refractivity contribution in [2.24, 2.45) is 0 Å². The summed E-state index contributed by atoms with van der Waals surface area (Å²) >= 11 is 0. The first-order chi connectivity index (χ1) is 15.3. The molecule has 2 aromatic rings. The summed E-state index contributed by atoms with van der Waals surface area (Å²) in [5.41, 5.74) is 6.28. The van der Waals surface area contributed by atoms with Gasteiger partial charge >= 0.3 is 5.97 Å². The molecule has 3 heteroatoms. The van der Waals surface area contributed by atoms with Gasteiger partial charge in [0.2, 0.25) is 0 Å². The first-order valence-corrected chi connectivity index (χ1v) is 11.8. The van der Waals surface area contributed by atoms with Crippen molar-refractivity contribution in [3.63, 3.8) is 0 Å². The van der Waals surface area contributed by atoms with Gasteiger partial charge in [-0.2, -0.15) is 0 Å². The van der Waals surface area contributed by atoms with E-state index in [0.29, 0.717) is 12.2 Å². The van der Waals surface area contributed by atoms with E-state index < -0.39 is 5.97 Å². The van der Waals surface area contributed by atoms with Crippen LogP contribution in [0, 0.1) is 0 Å². The van der Waals surface area contributed by atoms with E-state index in [-0.39, 0.29) is 10.8 Å². The van der Waals surface area contributed by atoms with Crippen molar-refractivity contribution < 1.29 is 14.6 Å². The van der Waals surface area contributed by atoms with Crippen LogP contribution in [0.2, 0.25) is 0 Å². The number of carboxylic acid groups (broad SMARTS) is 1. The number of benzene rings is 2. The van der Waals surface area contributed by atoms with Gasteiger partial charge < -0.3 is 9.84 Å². The van der Waals surface area contributed by atoms with Crippen LogP contribution in [0.3, 0.4) is 0 Å². The summed E-state index contributed by atoms with van der Waals surface area (Å²) in [6.07, 6.45) is 7.14. The maximum absolute atomic E-state index is 11.0. The molecule has 0 unspecified atom stereocenters. The van der Waals surface area contributed by atoms with Crippen LogP contribution >= 0.6 is 0 Å². The van der Waals surface area contributed by atoms with Gasteiger partial charge in [-0.25, -0.2) is 4.79 Å². The van der Waals surface area contributed by atoms with Gasteiger partial charge in [-0.1, -0.05) is 97.4 Å². The standard InChI is InChI=1S/C30H40O3/c1-9-10-17-33-28-25(19-23(29(3,4)5)20-26(28)30(6,7)8)24-14-12-11-13-22(24)16-15-21(2)18-27(31)32/h11-16,18-20H,9-10,17H2,1-8H3,(H,31,32). The molecule has 0 heterocycles. The molecule has 0 saturated carbocycles. The molecule has 0 amide bonds. The molecule has 2 rings (SSSR count). The Hall–Kier alpha value is -2.81. The number of hydrogen-bond donors (Lipinski definition) is 1. The number of rotatable bonds is 8. The van der Waals surface area contributed by atoms with E-state index in [2.05, 4.69) is 72.7 Å². The normalized spacial score (nSPS) is 12.9. The number of carbonyl (C=O) groups is 1. The average Bonchev–Trinajstić information content (AvgIpc) is 2.70. The van der Waals surface area contributed by atoms with Crippen LogP contribution < -0.4 is 4.74 Å². The summed E-state index contributed by atoms with van der Waals surface area (Å²) in [6.45, 7) is 18.1. The third-order valence-electron chi connectivity index (χ3n) is 5.64. The molecule has 178 valence electrons. The van der Waals surface area contributed by atoms with Crippen molar-refractivity contribution in [1.82, 2.24) is 0 Å². The van der Waals surface area contributed by atoms with Gasteiger partial charge in [0, 0.05) is 17.2 Å². The molecule has 0 aromatic heterocycles. The highest BCUT2D eigenvalue weighted by atomic mass is 16.5. The van der Waals surface area contributed by atoms with Crippen molar-refractivity contribution in [2.75, 3.05) is 6.61 Å². The second-order valence-corrected chi connectivity index (χ2v) is 10.7. The number of allylic oxidation sites excluding steroid dienone is 2. The van der Waals surface area contributed by atoms with Gasteiger partial charge in [-0.05, 0) is 52.5 Å². The SMILES string of the molecule is CCCCOc1c(-c2ccccc2C=CC(C)=CC(=O)O)cc(C(C)(C)C)cc1C(C)(C)C. The van der Waals surface area contributed by atoms with Gasteiger partial charge in [0.1, 0.15) is 5.75 Å². The van der Waals surface area contributed by atoms with E-state index in [4.69, 9.17) is 9.84 Å². The molecule has 0 fully saturated rings. The van der Waals surface area contributed by atoms with E-state index in [0.717, 1.165) is 35.3 Å². The van der Waals surface area contributed by atoms with Gasteiger partial charge in [0.05, 0.1) is 6.61 Å². The summed E-state index contributed by atoms with van der Waals surface area (Å²) in [6, 6.07) is 12.8. The molecule has 0 saturated heterocycles. The lowest BCUT2D eigenvalue weighted by molar-refractivity contribution is -0.131. The maximum atomic E-state index is 11.0. The smallest absolute Gasteiger partial charge is 0.328 e. The van der Waals surface area contributed by atoms with Gasteiger partial charge in [-0.15, -0.1) is 0 Å². The maximum Gasteiger partial charge on any atom is 0.328 e. The highest BCUT2D eigenvalue weighted by Gasteiger charge is 2.27. The van der Waals surface area contributed by atoms with E-state index in [1.807, 2.05) is 24.3 Å². The Morgan fingerprint density at radius 3 is 2.24 bits per heavy atom. The van der Waals surface area contributed by atoms with Gasteiger partial charge in [-0.3, -0.25) is 0 Å². The minimum absolute atomic E-state index is 0.0116. The Morgan fingerprint density at radius 1 is 1.00 bits per heavy atom. The fourth-order valence-electron chi connectivity index (χ4n) is 3.64. The zero-order valence-corrected chi connectivity index (χ0v) is 21.6. The molecule has 0 atom stereocenters. The molecule has 33 heavy (non-hydrogen) atoms. The van der Waals surface area contributed by atoms with E-state index in [1.165, 1.54) is 17.2 Å². The number of carboxylic acids is 1. The predicted octanol–water partition coefficient (Wildman–Crippen LogP) is 8.17. The molecule has 0 radical (unpaired) electrons. The first-order valence-electron chi connectivity index (χ1n) is 11.8. The van der Waals surface area contributed by atoms with Crippen molar-refractivity contribution in [3.05, 3.63) is 70.8 Å². The molecule has 0 aliphatic carbocycles. The second kappa shape index (κ2) is 10.9. The highest BCUT2D eigenvalue weighted by molar-refractivity contribution is 5.83. The number of ether oxygens (including phenoxy) is 1. The van der Waals surface area contributed by atoms with Crippen LogP contribution in [-0.2, 0) is 15.6 Å². The monoisotopic (exact) mass is 448 g/mol. The zero-order chi connectivity index (χ0) is 24.8. The molecule has 0 aliphatic rings. The summed E-state index contributed by atoms with van der Waals surface area (Å²) in [5, 5.41) is 9.04. The lowest BCUT2D eigenvalue weighted by Crippen LogP contribution is -2.19. The lowest BCUT2D eigenvalue weighted by Gasteiger charge is -2.30. The minimum atomic E-state index is -0.940. The van der Waals surface area contributed by atoms with Crippen LogP contribution in [0.5, 0.6) is 5.75 Å². The molecular formula is C30H40O3. The lowest BCUT2D eigenvalue weighted by atomic mass is 9.77. The molecule has 3 nitrogen and oxygen atoms in total. The summed E-state index contributed by atoms with van der Waals surface area (Å²) in [4.78, 5) is 11.0. The Labute approximate surface area is 200 Å². The summed E-state index contributed by atoms with van der Waals surface area (Å²) in [7, 11) is 0. The number of unbranched alkanes of at least 4 members (excludes halogenated alkanes) is 1. The van der Waals surface area contributed by atoms with Crippen molar-refractivity contribution >= 4 is 12.0 Å². The molecule has 2 aromatic carbocycles. The second-order valence-electron chi connectivity index (χ2n) is 10.7. The Bertz CT molecular complexity index is 1030. The Morgan fingerprint density at radius 2 is 1.67 bits per heavy atom. The van der Waals surface area contributed by atoms with Crippen LogP contribution in [-0.4, -0.2) is 17.7 Å². The van der Waals surface area contributed by atoms with Gasteiger partial charge in [0.25, 0.3) is 0 Å². The Balaban J connectivity index is 2.79. The third kappa shape index (κ3) is 7.35. The first kappa shape index (κ1) is 26.4. The van der Waals surface area contributed by atoms with Crippen LogP contribution in [0.1, 0.15) is 84.9 Å². The van der Waals surface area contributed by atoms with Crippen LogP contribution in [0.25, 0.3) is 17.2 Å². The highest BCUT2D eigenvalue weighted by Crippen LogP contribution is 2.44. The van der Waals surface area contributed by atoms with E-state index in [9.17, 15) is 4.79 Å². The molecular weight excluding hydrogens is 408 g/mol. The van der Waals surface area contributed by atoms with Crippen molar-refractivity contribution in [1.29, 1.82) is 0 Å². The molecule has 0 bridgehead atoms. The summed E-state index contributed by atoms with van der Waals surface area (Å²) < 4.78 is 6.48. The van der Waals surface area contributed by atoms with E-state index in [1.54, 1.807) is 6.92 Å². The van der Waals surface area contributed by atoms with Crippen LogP contribution in [0.15, 0.2) is 54.1 Å². The topological polar surface area (TPSA) is 46.5 Å². The predicted molar refractivity (Wildman–Crippen MR) is 140 cm³/mol.